The molecule has 2 aliphatic heterocycles. The zero-order chi connectivity index (χ0) is 33.9. The van der Waals surface area contributed by atoms with Crippen molar-refractivity contribution in [2.45, 2.75) is 51.0 Å². The largest absolute Gasteiger partial charge is 0.481 e. The van der Waals surface area contributed by atoms with E-state index in [4.69, 9.17) is 43.4 Å². The van der Waals surface area contributed by atoms with E-state index >= 15 is 0 Å². The number of benzene rings is 2. The number of carboxylic acids is 2. The molecule has 48 heavy (non-hydrogen) atoms. The summed E-state index contributed by atoms with van der Waals surface area (Å²) in [6.07, 6.45) is -1.06. The Bertz CT molecular complexity index is 1720. The topological polar surface area (TPSA) is 147 Å². The second-order valence-electron chi connectivity index (χ2n) is 12.4. The highest BCUT2D eigenvalue weighted by molar-refractivity contribution is 6.39. The summed E-state index contributed by atoms with van der Waals surface area (Å²) in [5.41, 5.74) is 8.58. The quantitative estimate of drug-likeness (QED) is 0.166. The first-order valence-corrected chi connectivity index (χ1v) is 16.6. The van der Waals surface area contributed by atoms with Gasteiger partial charge in [-0.25, -0.2) is 0 Å². The highest BCUT2D eigenvalue weighted by Crippen LogP contribution is 2.42. The van der Waals surface area contributed by atoms with Gasteiger partial charge in [-0.15, -0.1) is 0 Å². The fourth-order valence-electron chi connectivity index (χ4n) is 6.56. The maximum Gasteiger partial charge on any atom is 0.306 e. The van der Waals surface area contributed by atoms with Crippen LogP contribution in [0.25, 0.3) is 33.6 Å². The van der Waals surface area contributed by atoms with Crippen LogP contribution in [-0.4, -0.2) is 90.5 Å². The molecule has 6 rings (SSSR count). The molecule has 0 amide bonds. The molecule has 4 N–H and O–H groups in total. The van der Waals surface area contributed by atoms with Gasteiger partial charge in [0.05, 0.1) is 46.5 Å². The lowest BCUT2D eigenvalue weighted by Gasteiger charge is -2.29. The summed E-state index contributed by atoms with van der Waals surface area (Å²) in [7, 11) is 0. The van der Waals surface area contributed by atoms with E-state index in [1.807, 2.05) is 70.5 Å². The van der Waals surface area contributed by atoms with Gasteiger partial charge in [0.2, 0.25) is 0 Å². The van der Waals surface area contributed by atoms with Crippen molar-refractivity contribution in [3.63, 3.8) is 0 Å². The number of rotatable bonds is 11. The molecule has 10 nitrogen and oxygen atoms in total. The minimum absolute atomic E-state index is 0.281. The standard InChI is InChI=1S/C36H36Cl2N4O6/c37-35-25(3-1-5-27(35)31-9-7-21-17-41(13-11-29(21)39-31)19-23(43)15-33(45)46)26-4-2-6-28(36(26)38)32-10-8-22-18-42(14-12-30(22)40-32)20-24(44)16-34(47)48/h1-10,23-24,43-44H,11-20H2,(H,45,46)(H,47,48)/t23-,24-/m0/s1. The van der Waals surface area contributed by atoms with Crippen LogP contribution in [0, 0.1) is 0 Å². The molecule has 2 aromatic carbocycles. The van der Waals surface area contributed by atoms with Crippen molar-refractivity contribution in [1.29, 1.82) is 0 Å². The molecule has 12 heteroatoms. The number of aliphatic hydroxyl groups is 2. The molecule has 2 atom stereocenters. The predicted molar refractivity (Wildman–Crippen MR) is 183 cm³/mol. The summed E-state index contributed by atoms with van der Waals surface area (Å²) in [6.45, 7) is 3.09. The van der Waals surface area contributed by atoms with Gasteiger partial charge in [-0.3, -0.25) is 29.4 Å². The Morgan fingerprint density at radius 3 is 1.44 bits per heavy atom. The van der Waals surface area contributed by atoms with Crippen LogP contribution in [0.1, 0.15) is 35.4 Å². The van der Waals surface area contributed by atoms with E-state index in [9.17, 15) is 19.8 Å². The first kappa shape index (κ1) is 34.0. The molecule has 0 bridgehead atoms. The van der Waals surface area contributed by atoms with Gasteiger partial charge < -0.3 is 20.4 Å². The first-order chi connectivity index (χ1) is 23.0. The number of aromatic nitrogens is 2. The number of carboxylic acid groups (broad SMARTS) is 2. The van der Waals surface area contributed by atoms with Gasteiger partial charge in [0.25, 0.3) is 0 Å². The van der Waals surface area contributed by atoms with E-state index in [1.165, 1.54) is 0 Å². The third-order valence-corrected chi connectivity index (χ3v) is 9.67. The van der Waals surface area contributed by atoms with Gasteiger partial charge >= 0.3 is 11.9 Å². The van der Waals surface area contributed by atoms with Gasteiger partial charge in [0.15, 0.2) is 0 Å². The minimum Gasteiger partial charge on any atom is -0.481 e. The summed E-state index contributed by atoms with van der Waals surface area (Å²) in [6, 6.07) is 19.5. The molecule has 0 unspecified atom stereocenters. The van der Waals surface area contributed by atoms with Crippen molar-refractivity contribution < 1.29 is 30.0 Å². The van der Waals surface area contributed by atoms with Crippen LogP contribution < -0.4 is 0 Å². The Balaban J connectivity index is 1.21. The zero-order valence-electron chi connectivity index (χ0n) is 26.1. The van der Waals surface area contributed by atoms with Crippen LogP contribution in [0.4, 0.5) is 0 Å². The average molecular weight is 692 g/mol. The fraction of sp³-hybridized carbons (Fsp3) is 0.333. The lowest BCUT2D eigenvalue weighted by atomic mass is 9.97. The van der Waals surface area contributed by atoms with Crippen LogP contribution in [-0.2, 0) is 35.5 Å². The molecule has 4 heterocycles. The van der Waals surface area contributed by atoms with Crippen molar-refractivity contribution >= 4 is 35.1 Å². The molecule has 0 radical (unpaired) electrons. The van der Waals surface area contributed by atoms with Crippen molar-refractivity contribution in [3.05, 3.63) is 93.2 Å². The fourth-order valence-corrected chi connectivity index (χ4v) is 7.21. The van der Waals surface area contributed by atoms with E-state index in [2.05, 4.69) is 0 Å². The van der Waals surface area contributed by atoms with Crippen LogP contribution in [0.2, 0.25) is 10.0 Å². The molecule has 0 spiro atoms. The molecule has 2 aliphatic rings. The highest BCUT2D eigenvalue weighted by Gasteiger charge is 2.24. The van der Waals surface area contributed by atoms with Gasteiger partial charge in [-0.1, -0.05) is 71.7 Å². The second kappa shape index (κ2) is 14.7. The Morgan fingerprint density at radius 1 is 0.646 bits per heavy atom. The zero-order valence-corrected chi connectivity index (χ0v) is 27.7. The van der Waals surface area contributed by atoms with E-state index in [-0.39, 0.29) is 12.8 Å². The number of aliphatic carboxylic acids is 2. The summed E-state index contributed by atoms with van der Waals surface area (Å²) in [4.78, 5) is 35.9. The van der Waals surface area contributed by atoms with Crippen LogP contribution >= 0.6 is 23.2 Å². The Hall–Kier alpha value is -3.90. The van der Waals surface area contributed by atoms with Gasteiger partial charge in [0.1, 0.15) is 0 Å². The van der Waals surface area contributed by atoms with E-state index < -0.39 is 24.1 Å². The first-order valence-electron chi connectivity index (χ1n) is 15.9. The van der Waals surface area contributed by atoms with Crippen LogP contribution in [0.15, 0.2) is 60.7 Å². The lowest BCUT2D eigenvalue weighted by Crippen LogP contribution is -2.37. The van der Waals surface area contributed by atoms with Gasteiger partial charge in [-0.2, -0.15) is 0 Å². The molecular weight excluding hydrogens is 655 g/mol. The third kappa shape index (κ3) is 7.70. The number of hydrogen-bond acceptors (Lipinski definition) is 8. The van der Waals surface area contributed by atoms with E-state index in [0.29, 0.717) is 62.2 Å². The number of carbonyl (C=O) groups is 2. The Morgan fingerprint density at radius 2 is 1.04 bits per heavy atom. The van der Waals surface area contributed by atoms with Crippen LogP contribution in [0.3, 0.4) is 0 Å². The number of pyridine rings is 2. The number of nitrogens with zero attached hydrogens (tertiary/aromatic N) is 4. The maximum absolute atomic E-state index is 10.9. The predicted octanol–water partition coefficient (Wildman–Crippen LogP) is 5.17. The molecule has 0 aliphatic carbocycles. The number of fused-ring (bicyclic) bond motifs is 2. The Kier molecular flexibility index (Phi) is 10.4. The number of β-amino-alcohol motifs (C(OH)–C–C–N with tert-alkyl or cyclic N) is 2. The molecular formula is C36H36Cl2N4O6. The normalized spacial score (nSPS) is 16.2. The van der Waals surface area contributed by atoms with Gasteiger partial charge in [-0.05, 0) is 23.3 Å². The maximum atomic E-state index is 10.9. The SMILES string of the molecule is O=C(O)C[C@H](O)CN1CCc2nc(-c3cccc(-c4cccc(-c5ccc6c(n5)CCN(C[C@@H](O)CC(=O)O)C6)c4Cl)c3Cl)ccc2C1. The summed E-state index contributed by atoms with van der Waals surface area (Å²) < 4.78 is 0. The smallest absolute Gasteiger partial charge is 0.306 e. The van der Waals surface area contributed by atoms with Crippen molar-refractivity contribution in [3.8, 4) is 33.6 Å². The lowest BCUT2D eigenvalue weighted by molar-refractivity contribution is -0.140. The molecule has 0 fully saturated rings. The summed E-state index contributed by atoms with van der Waals surface area (Å²) in [5.74, 6) is -2.03. The summed E-state index contributed by atoms with van der Waals surface area (Å²) in [5, 5.41) is 39.1. The summed E-state index contributed by atoms with van der Waals surface area (Å²) >= 11 is 14.1. The molecule has 0 saturated carbocycles. The second-order valence-corrected chi connectivity index (χ2v) is 13.2. The highest BCUT2D eigenvalue weighted by atomic mass is 35.5. The van der Waals surface area contributed by atoms with Gasteiger partial charge in [0, 0.05) is 85.8 Å². The molecule has 2 aromatic heterocycles. The van der Waals surface area contributed by atoms with Crippen molar-refractivity contribution in [1.82, 2.24) is 19.8 Å². The van der Waals surface area contributed by atoms with Crippen LogP contribution in [0.5, 0.6) is 0 Å². The number of halogens is 2. The third-order valence-electron chi connectivity index (χ3n) is 8.85. The molecule has 4 aromatic rings. The average Bonchev–Trinajstić information content (AvgIpc) is 3.04. The Labute approximate surface area is 288 Å². The van der Waals surface area contributed by atoms with Crippen molar-refractivity contribution in [2.75, 3.05) is 26.2 Å². The number of aliphatic hydroxyl groups excluding tert-OH is 2. The van der Waals surface area contributed by atoms with E-state index in [0.717, 1.165) is 56.2 Å². The molecule has 250 valence electrons. The molecule has 0 saturated heterocycles. The monoisotopic (exact) mass is 690 g/mol. The van der Waals surface area contributed by atoms with E-state index in [1.54, 1.807) is 0 Å². The van der Waals surface area contributed by atoms with Crippen molar-refractivity contribution in [2.24, 2.45) is 0 Å². The number of hydrogen-bond donors (Lipinski definition) is 4. The minimum atomic E-state index is -1.02.